The maximum Gasteiger partial charge on any atom is 0.325 e. The van der Waals surface area contributed by atoms with E-state index in [4.69, 9.17) is 5.11 Å². The molecule has 0 aliphatic rings. The molecule has 0 aliphatic carbocycles. The fraction of sp³-hybridized carbons (Fsp3) is 0.214. The highest BCUT2D eigenvalue weighted by Gasteiger charge is 2.08. The lowest BCUT2D eigenvalue weighted by Crippen LogP contribution is -2.26. The molecule has 1 N–H and O–H groups in total. The van der Waals surface area contributed by atoms with Crippen molar-refractivity contribution >= 4 is 5.97 Å². The lowest BCUT2D eigenvalue weighted by molar-refractivity contribution is -0.138. The highest BCUT2D eigenvalue weighted by atomic mass is 16.4. The summed E-state index contributed by atoms with van der Waals surface area (Å²) in [6, 6.07) is 8.84. The van der Waals surface area contributed by atoms with Gasteiger partial charge in [0.1, 0.15) is 6.54 Å². The van der Waals surface area contributed by atoms with Crippen molar-refractivity contribution < 1.29 is 9.90 Å². The van der Waals surface area contributed by atoms with E-state index in [1.807, 2.05) is 32.0 Å². The first-order chi connectivity index (χ1) is 8.97. The third-order valence-electron chi connectivity index (χ3n) is 2.81. The minimum absolute atomic E-state index is 0.420. The lowest BCUT2D eigenvalue weighted by atomic mass is 10.0. The second-order valence-electron chi connectivity index (χ2n) is 4.43. The van der Waals surface area contributed by atoms with E-state index in [9.17, 15) is 9.59 Å². The summed E-state index contributed by atoms with van der Waals surface area (Å²) in [5.74, 6) is -1.09. The average molecular weight is 258 g/mol. The van der Waals surface area contributed by atoms with Crippen LogP contribution in [0, 0.1) is 13.8 Å². The Labute approximate surface area is 110 Å². The Kier molecular flexibility index (Phi) is 3.46. The number of carboxylic acid groups (broad SMARTS) is 1. The normalized spacial score (nSPS) is 10.4. The van der Waals surface area contributed by atoms with Gasteiger partial charge in [-0.1, -0.05) is 23.8 Å². The summed E-state index contributed by atoms with van der Waals surface area (Å²) < 4.78 is 0.955. The third-order valence-corrected chi connectivity index (χ3v) is 2.81. The standard InChI is InChI=1S/C14H14N2O3/c1-9-3-4-11(10(2)7-9)12-5-6-13(17)16(15-12)8-14(18)19/h3-7H,8H2,1-2H3,(H,18,19). The molecule has 0 unspecified atom stereocenters. The molecule has 0 amide bonds. The van der Waals surface area contributed by atoms with E-state index in [1.54, 1.807) is 6.07 Å². The Morgan fingerprint density at radius 1 is 1.26 bits per heavy atom. The van der Waals surface area contributed by atoms with E-state index in [-0.39, 0.29) is 0 Å². The van der Waals surface area contributed by atoms with Crippen LogP contribution in [0.15, 0.2) is 35.1 Å². The van der Waals surface area contributed by atoms with Crippen LogP contribution < -0.4 is 5.56 Å². The zero-order valence-corrected chi connectivity index (χ0v) is 10.8. The Bertz CT molecular complexity index is 689. The van der Waals surface area contributed by atoms with Gasteiger partial charge in [0.2, 0.25) is 0 Å². The molecule has 0 aliphatic heterocycles. The summed E-state index contributed by atoms with van der Waals surface area (Å²) in [6.45, 7) is 3.52. The van der Waals surface area contributed by atoms with Gasteiger partial charge in [0.15, 0.2) is 0 Å². The van der Waals surface area contributed by atoms with Crippen LogP contribution in [0.3, 0.4) is 0 Å². The molecule has 98 valence electrons. The predicted octanol–water partition coefficient (Wildman–Crippen LogP) is 1.61. The molecular formula is C14H14N2O3. The fourth-order valence-electron chi connectivity index (χ4n) is 1.93. The number of nitrogens with zero attached hydrogens (tertiary/aromatic N) is 2. The smallest absolute Gasteiger partial charge is 0.325 e. The summed E-state index contributed by atoms with van der Waals surface area (Å²) in [4.78, 5) is 22.2. The number of hydrogen-bond donors (Lipinski definition) is 1. The molecule has 5 heteroatoms. The van der Waals surface area contributed by atoms with E-state index >= 15 is 0 Å². The van der Waals surface area contributed by atoms with Crippen LogP contribution in [0.5, 0.6) is 0 Å². The Balaban J connectivity index is 2.51. The highest BCUT2D eigenvalue weighted by Crippen LogP contribution is 2.21. The number of aryl methyl sites for hydroxylation is 2. The number of aromatic nitrogens is 2. The van der Waals surface area contributed by atoms with Crippen molar-refractivity contribution in [3.05, 3.63) is 51.8 Å². The molecule has 1 aromatic heterocycles. The van der Waals surface area contributed by atoms with E-state index in [0.717, 1.165) is 21.4 Å². The Morgan fingerprint density at radius 3 is 2.63 bits per heavy atom. The van der Waals surface area contributed by atoms with Gasteiger partial charge in [-0.2, -0.15) is 5.10 Å². The molecule has 0 radical (unpaired) electrons. The fourth-order valence-corrected chi connectivity index (χ4v) is 1.93. The quantitative estimate of drug-likeness (QED) is 0.907. The van der Waals surface area contributed by atoms with Gasteiger partial charge in [0, 0.05) is 11.6 Å². The van der Waals surface area contributed by atoms with Crippen molar-refractivity contribution in [2.24, 2.45) is 0 Å². The molecule has 2 rings (SSSR count). The Morgan fingerprint density at radius 2 is 2.00 bits per heavy atom. The zero-order chi connectivity index (χ0) is 14.0. The van der Waals surface area contributed by atoms with Crippen molar-refractivity contribution in [3.63, 3.8) is 0 Å². The maximum atomic E-state index is 11.5. The summed E-state index contributed by atoms with van der Waals surface area (Å²) in [7, 11) is 0. The van der Waals surface area contributed by atoms with Gasteiger partial charge in [-0.15, -0.1) is 0 Å². The minimum Gasteiger partial charge on any atom is -0.480 e. The van der Waals surface area contributed by atoms with Crippen LogP contribution >= 0.6 is 0 Å². The van der Waals surface area contributed by atoms with Crippen molar-refractivity contribution in [3.8, 4) is 11.3 Å². The van der Waals surface area contributed by atoms with E-state index in [2.05, 4.69) is 5.10 Å². The molecule has 2 aromatic rings. The molecule has 0 atom stereocenters. The number of hydrogen-bond acceptors (Lipinski definition) is 3. The third kappa shape index (κ3) is 2.88. The van der Waals surface area contributed by atoms with Gasteiger partial charge in [0.25, 0.3) is 5.56 Å². The molecule has 5 nitrogen and oxygen atoms in total. The lowest BCUT2D eigenvalue weighted by Gasteiger charge is -2.08. The van der Waals surface area contributed by atoms with Gasteiger partial charge in [0.05, 0.1) is 5.69 Å². The summed E-state index contributed by atoms with van der Waals surface area (Å²) in [5.41, 5.74) is 3.24. The van der Waals surface area contributed by atoms with Crippen LogP contribution in [0.25, 0.3) is 11.3 Å². The topological polar surface area (TPSA) is 72.2 Å². The SMILES string of the molecule is Cc1ccc(-c2ccc(=O)n(CC(=O)O)n2)c(C)c1. The minimum atomic E-state index is -1.09. The van der Waals surface area contributed by atoms with Crippen LogP contribution in [-0.4, -0.2) is 20.9 Å². The predicted molar refractivity (Wildman–Crippen MR) is 71.0 cm³/mol. The first-order valence-corrected chi connectivity index (χ1v) is 5.85. The second kappa shape index (κ2) is 5.06. The van der Waals surface area contributed by atoms with Gasteiger partial charge in [-0.3, -0.25) is 9.59 Å². The zero-order valence-electron chi connectivity index (χ0n) is 10.8. The number of aliphatic carboxylic acids is 1. The maximum absolute atomic E-state index is 11.5. The molecular weight excluding hydrogens is 244 g/mol. The number of carboxylic acids is 1. The van der Waals surface area contributed by atoms with E-state index < -0.39 is 18.1 Å². The monoisotopic (exact) mass is 258 g/mol. The summed E-state index contributed by atoms with van der Waals surface area (Å²) in [6.07, 6.45) is 0. The first-order valence-electron chi connectivity index (χ1n) is 5.85. The number of benzene rings is 1. The van der Waals surface area contributed by atoms with Crippen molar-refractivity contribution in [2.45, 2.75) is 20.4 Å². The molecule has 0 fully saturated rings. The van der Waals surface area contributed by atoms with Gasteiger partial charge < -0.3 is 5.11 Å². The summed E-state index contributed by atoms with van der Waals surface area (Å²) >= 11 is 0. The second-order valence-corrected chi connectivity index (χ2v) is 4.43. The van der Waals surface area contributed by atoms with Crippen LogP contribution in [0.4, 0.5) is 0 Å². The van der Waals surface area contributed by atoms with E-state index in [0.29, 0.717) is 5.69 Å². The average Bonchev–Trinajstić information content (AvgIpc) is 2.32. The number of rotatable bonds is 3. The first kappa shape index (κ1) is 13.0. The van der Waals surface area contributed by atoms with Crippen LogP contribution in [0.1, 0.15) is 11.1 Å². The molecule has 0 saturated carbocycles. The van der Waals surface area contributed by atoms with Gasteiger partial charge >= 0.3 is 5.97 Å². The molecule has 0 saturated heterocycles. The Hall–Kier alpha value is -2.43. The number of carbonyl (C=O) groups is 1. The summed E-state index contributed by atoms with van der Waals surface area (Å²) in [5, 5.41) is 12.8. The van der Waals surface area contributed by atoms with Gasteiger partial charge in [-0.05, 0) is 25.5 Å². The van der Waals surface area contributed by atoms with Crippen LogP contribution in [0.2, 0.25) is 0 Å². The van der Waals surface area contributed by atoms with Crippen molar-refractivity contribution in [2.75, 3.05) is 0 Å². The molecule has 19 heavy (non-hydrogen) atoms. The van der Waals surface area contributed by atoms with Crippen molar-refractivity contribution in [1.82, 2.24) is 9.78 Å². The molecule has 1 heterocycles. The molecule has 1 aromatic carbocycles. The van der Waals surface area contributed by atoms with E-state index in [1.165, 1.54) is 6.07 Å². The molecule has 0 bridgehead atoms. The largest absolute Gasteiger partial charge is 0.480 e. The highest BCUT2D eigenvalue weighted by molar-refractivity contribution is 5.67. The van der Waals surface area contributed by atoms with Crippen LogP contribution in [-0.2, 0) is 11.3 Å². The van der Waals surface area contributed by atoms with Crippen molar-refractivity contribution in [1.29, 1.82) is 0 Å². The molecule has 0 spiro atoms. The van der Waals surface area contributed by atoms with Gasteiger partial charge in [-0.25, -0.2) is 4.68 Å².